The lowest BCUT2D eigenvalue weighted by molar-refractivity contribution is -0.138. The minimum atomic E-state index is -0.711. The van der Waals surface area contributed by atoms with Gasteiger partial charge in [-0.3, -0.25) is 9.69 Å². The van der Waals surface area contributed by atoms with E-state index in [2.05, 4.69) is 17.1 Å². The maximum atomic E-state index is 10.7. The third kappa shape index (κ3) is 5.14. The molecular weight excluding hydrogens is 192 g/mol. The lowest BCUT2D eigenvalue weighted by Crippen LogP contribution is -2.38. The number of aliphatic carboxylic acids is 1. The van der Waals surface area contributed by atoms with Crippen LogP contribution in [-0.4, -0.2) is 48.7 Å². The average Bonchev–Trinajstić information content (AvgIpc) is 2.18. The monoisotopic (exact) mass is 214 g/mol. The van der Waals surface area contributed by atoms with E-state index >= 15 is 0 Å². The first-order valence-corrected chi connectivity index (χ1v) is 5.87. The van der Waals surface area contributed by atoms with Gasteiger partial charge in [-0.15, -0.1) is 0 Å². The molecule has 0 unspecified atom stereocenters. The van der Waals surface area contributed by atoms with Gasteiger partial charge >= 0.3 is 5.97 Å². The van der Waals surface area contributed by atoms with Gasteiger partial charge in [0.05, 0.1) is 6.54 Å². The number of nitrogens with zero attached hydrogens (tertiary/aromatic N) is 1. The minimum absolute atomic E-state index is 0.192. The fourth-order valence-electron chi connectivity index (χ4n) is 2.17. The Kier molecular flexibility index (Phi) is 5.65. The van der Waals surface area contributed by atoms with Crippen molar-refractivity contribution in [1.82, 2.24) is 10.2 Å². The lowest BCUT2D eigenvalue weighted by Gasteiger charge is -2.28. The van der Waals surface area contributed by atoms with E-state index in [1.807, 2.05) is 0 Å². The summed E-state index contributed by atoms with van der Waals surface area (Å²) < 4.78 is 0. The first kappa shape index (κ1) is 12.5. The second-order valence-corrected chi connectivity index (χ2v) is 4.32. The van der Waals surface area contributed by atoms with Gasteiger partial charge in [-0.1, -0.05) is 6.92 Å². The quantitative estimate of drug-likeness (QED) is 0.686. The molecule has 0 radical (unpaired) electrons. The molecule has 0 aromatic rings. The van der Waals surface area contributed by atoms with Crippen LogP contribution in [0.2, 0.25) is 0 Å². The van der Waals surface area contributed by atoms with Crippen LogP contribution in [0.5, 0.6) is 0 Å². The molecule has 15 heavy (non-hydrogen) atoms. The molecule has 0 aromatic heterocycles. The molecule has 1 rings (SSSR count). The van der Waals surface area contributed by atoms with Crippen molar-refractivity contribution in [3.63, 3.8) is 0 Å². The number of hydrogen-bond acceptors (Lipinski definition) is 3. The van der Waals surface area contributed by atoms with Gasteiger partial charge in [0.1, 0.15) is 0 Å². The van der Waals surface area contributed by atoms with Crippen molar-refractivity contribution in [3.05, 3.63) is 0 Å². The van der Waals surface area contributed by atoms with Gasteiger partial charge < -0.3 is 10.4 Å². The molecular formula is C11H22N2O2. The van der Waals surface area contributed by atoms with Gasteiger partial charge in [0.15, 0.2) is 0 Å². The summed E-state index contributed by atoms with van der Waals surface area (Å²) in [4.78, 5) is 12.7. The van der Waals surface area contributed by atoms with E-state index in [0.717, 1.165) is 32.6 Å². The van der Waals surface area contributed by atoms with Gasteiger partial charge in [-0.25, -0.2) is 0 Å². The number of hydrogen-bond donors (Lipinski definition) is 2. The van der Waals surface area contributed by atoms with Crippen molar-refractivity contribution in [3.8, 4) is 0 Å². The van der Waals surface area contributed by atoms with E-state index in [-0.39, 0.29) is 6.54 Å². The standard InChI is InChI=1S/C11H22N2O2/c1-2-7-13(9-11(14)15)8-10-3-5-12-6-4-10/h10,12H,2-9H2,1H3,(H,14,15). The lowest BCUT2D eigenvalue weighted by atomic mass is 9.97. The fraction of sp³-hybridized carbons (Fsp3) is 0.909. The van der Waals surface area contributed by atoms with Crippen molar-refractivity contribution < 1.29 is 9.90 Å². The first-order chi connectivity index (χ1) is 7.22. The molecule has 0 amide bonds. The Morgan fingerprint density at radius 3 is 2.67 bits per heavy atom. The Balaban J connectivity index is 2.31. The SMILES string of the molecule is CCCN(CC(=O)O)CC1CCNCC1. The van der Waals surface area contributed by atoms with Crippen LogP contribution in [0, 0.1) is 5.92 Å². The summed E-state index contributed by atoms with van der Waals surface area (Å²) in [5, 5.41) is 12.1. The van der Waals surface area contributed by atoms with Gasteiger partial charge in [-0.05, 0) is 44.8 Å². The van der Waals surface area contributed by atoms with Crippen LogP contribution >= 0.6 is 0 Å². The molecule has 1 aliphatic rings. The molecule has 88 valence electrons. The molecule has 0 bridgehead atoms. The zero-order chi connectivity index (χ0) is 11.1. The molecule has 2 N–H and O–H groups in total. The highest BCUT2D eigenvalue weighted by molar-refractivity contribution is 5.69. The number of nitrogens with one attached hydrogen (secondary N) is 1. The summed E-state index contributed by atoms with van der Waals surface area (Å²) >= 11 is 0. The Hall–Kier alpha value is -0.610. The fourth-order valence-corrected chi connectivity index (χ4v) is 2.17. The van der Waals surface area contributed by atoms with E-state index in [1.165, 1.54) is 12.8 Å². The van der Waals surface area contributed by atoms with Crippen molar-refractivity contribution in [2.24, 2.45) is 5.92 Å². The van der Waals surface area contributed by atoms with Crippen molar-refractivity contribution >= 4 is 5.97 Å². The maximum Gasteiger partial charge on any atom is 0.317 e. The summed E-state index contributed by atoms with van der Waals surface area (Å²) in [6, 6.07) is 0. The smallest absolute Gasteiger partial charge is 0.317 e. The highest BCUT2D eigenvalue weighted by Crippen LogP contribution is 2.13. The third-order valence-corrected chi connectivity index (χ3v) is 2.87. The third-order valence-electron chi connectivity index (χ3n) is 2.87. The zero-order valence-electron chi connectivity index (χ0n) is 9.54. The summed E-state index contributed by atoms with van der Waals surface area (Å²) in [5.74, 6) is -0.0328. The van der Waals surface area contributed by atoms with Gasteiger partial charge in [-0.2, -0.15) is 0 Å². The van der Waals surface area contributed by atoms with Gasteiger partial charge in [0.2, 0.25) is 0 Å². The molecule has 0 atom stereocenters. The van der Waals surface area contributed by atoms with Crippen LogP contribution in [0.25, 0.3) is 0 Å². The van der Waals surface area contributed by atoms with Crippen LogP contribution in [-0.2, 0) is 4.79 Å². The van der Waals surface area contributed by atoms with Crippen LogP contribution in [0.4, 0.5) is 0 Å². The Bertz CT molecular complexity index is 191. The summed E-state index contributed by atoms with van der Waals surface area (Å²) in [7, 11) is 0. The number of rotatable bonds is 6. The number of piperidine rings is 1. The van der Waals surface area contributed by atoms with E-state index in [1.54, 1.807) is 0 Å². The highest BCUT2D eigenvalue weighted by Gasteiger charge is 2.17. The van der Waals surface area contributed by atoms with E-state index < -0.39 is 5.97 Å². The average molecular weight is 214 g/mol. The number of carbonyl (C=O) groups is 1. The van der Waals surface area contributed by atoms with E-state index in [9.17, 15) is 4.79 Å². The maximum absolute atomic E-state index is 10.7. The molecule has 0 aromatic carbocycles. The molecule has 1 saturated heterocycles. The van der Waals surface area contributed by atoms with Crippen LogP contribution in [0.3, 0.4) is 0 Å². The molecule has 1 aliphatic heterocycles. The molecule has 1 heterocycles. The van der Waals surface area contributed by atoms with Crippen molar-refractivity contribution in [2.75, 3.05) is 32.7 Å². The summed E-state index contributed by atoms with van der Waals surface area (Å²) in [5.41, 5.74) is 0. The number of carboxylic acid groups (broad SMARTS) is 1. The van der Waals surface area contributed by atoms with E-state index in [4.69, 9.17) is 5.11 Å². The molecule has 0 saturated carbocycles. The molecule has 4 heteroatoms. The second kappa shape index (κ2) is 6.80. The largest absolute Gasteiger partial charge is 0.480 e. The summed E-state index contributed by atoms with van der Waals surface area (Å²) in [6.45, 7) is 6.29. The highest BCUT2D eigenvalue weighted by atomic mass is 16.4. The zero-order valence-corrected chi connectivity index (χ0v) is 9.54. The number of carboxylic acids is 1. The van der Waals surface area contributed by atoms with E-state index in [0.29, 0.717) is 5.92 Å². The Morgan fingerprint density at radius 1 is 1.47 bits per heavy atom. The summed E-state index contributed by atoms with van der Waals surface area (Å²) in [6.07, 6.45) is 3.39. The first-order valence-electron chi connectivity index (χ1n) is 5.87. The van der Waals surface area contributed by atoms with Crippen molar-refractivity contribution in [1.29, 1.82) is 0 Å². The van der Waals surface area contributed by atoms with Crippen LogP contribution in [0.1, 0.15) is 26.2 Å². The molecule has 4 nitrogen and oxygen atoms in total. The van der Waals surface area contributed by atoms with Crippen LogP contribution < -0.4 is 5.32 Å². The Labute approximate surface area is 91.6 Å². The second-order valence-electron chi connectivity index (χ2n) is 4.32. The topological polar surface area (TPSA) is 52.6 Å². The Morgan fingerprint density at radius 2 is 2.13 bits per heavy atom. The van der Waals surface area contributed by atoms with Crippen LogP contribution in [0.15, 0.2) is 0 Å². The predicted molar refractivity (Wildman–Crippen MR) is 60.0 cm³/mol. The molecule has 0 aliphatic carbocycles. The molecule has 0 spiro atoms. The minimum Gasteiger partial charge on any atom is -0.480 e. The van der Waals surface area contributed by atoms with Crippen molar-refractivity contribution in [2.45, 2.75) is 26.2 Å². The van der Waals surface area contributed by atoms with Gasteiger partial charge in [0, 0.05) is 6.54 Å². The predicted octanol–water partition coefficient (Wildman–Crippen LogP) is 0.783. The van der Waals surface area contributed by atoms with Gasteiger partial charge in [0.25, 0.3) is 0 Å². The normalized spacial score (nSPS) is 18.3. The molecule has 1 fully saturated rings.